The third-order valence-electron chi connectivity index (χ3n) is 3.63. The van der Waals surface area contributed by atoms with E-state index in [9.17, 15) is 4.79 Å². The average Bonchev–Trinajstić information content (AvgIpc) is 2.81. The molecule has 2 aromatic carbocycles. The van der Waals surface area contributed by atoms with Crippen LogP contribution in [-0.2, 0) is 4.79 Å². The maximum Gasteiger partial charge on any atom is 0.234 e. The number of para-hydroxylation sites is 1. The molecule has 4 nitrogen and oxygen atoms in total. The summed E-state index contributed by atoms with van der Waals surface area (Å²) in [5.41, 5.74) is 8.43. The fourth-order valence-corrected chi connectivity index (χ4v) is 2.86. The van der Waals surface area contributed by atoms with Crippen LogP contribution in [0.25, 0.3) is 0 Å². The number of hydrogen-bond acceptors (Lipinski definition) is 2. The summed E-state index contributed by atoms with van der Waals surface area (Å²) in [5, 5.41) is 6.15. The molecular weight excluding hydrogens is 282 g/mol. The first-order chi connectivity index (χ1) is 10.2. The van der Waals surface area contributed by atoms with E-state index in [2.05, 4.69) is 10.6 Å². The molecule has 2 unspecified atom stereocenters. The van der Waals surface area contributed by atoms with E-state index in [1.165, 1.54) is 0 Å². The van der Waals surface area contributed by atoms with Crippen molar-refractivity contribution < 1.29 is 4.79 Å². The van der Waals surface area contributed by atoms with Gasteiger partial charge in [0, 0.05) is 5.69 Å². The third kappa shape index (κ3) is 2.60. The molecule has 3 rings (SSSR count). The number of nitrogens with one attached hydrogen (secondary N) is 2. The predicted octanol–water partition coefficient (Wildman–Crippen LogP) is 2.30. The van der Waals surface area contributed by atoms with Gasteiger partial charge >= 0.3 is 0 Å². The lowest BCUT2D eigenvalue weighted by Crippen LogP contribution is -2.38. The summed E-state index contributed by atoms with van der Waals surface area (Å²) in [6, 6.07) is 17.1. The molecule has 1 aliphatic heterocycles. The largest absolute Gasteiger partial charge is 0.376 e. The first kappa shape index (κ1) is 13.6. The first-order valence-corrected chi connectivity index (χ1v) is 7.08. The van der Waals surface area contributed by atoms with E-state index in [0.29, 0.717) is 0 Å². The van der Waals surface area contributed by atoms with Crippen LogP contribution in [0.4, 0.5) is 5.69 Å². The zero-order valence-corrected chi connectivity index (χ0v) is 12.1. The van der Waals surface area contributed by atoms with Crippen molar-refractivity contribution >= 4 is 28.9 Å². The third-order valence-corrected chi connectivity index (χ3v) is 3.74. The Labute approximate surface area is 128 Å². The summed E-state index contributed by atoms with van der Waals surface area (Å²) in [4.78, 5) is 12.4. The fraction of sp³-hybridized carbons (Fsp3) is 0.125. The molecule has 0 aromatic heterocycles. The minimum absolute atomic E-state index is 0.0474. The van der Waals surface area contributed by atoms with Gasteiger partial charge in [-0.15, -0.1) is 0 Å². The molecule has 4 N–H and O–H groups in total. The molecule has 2 atom stereocenters. The first-order valence-electron chi connectivity index (χ1n) is 6.67. The molecule has 0 aliphatic carbocycles. The normalized spacial score (nSPS) is 17.7. The Balaban J connectivity index is 2.05. The SMILES string of the molecule is NC(=S)NC(c1ccccc1)C1C(=O)Nc2ccccc21. The van der Waals surface area contributed by atoms with Crippen molar-refractivity contribution in [3.05, 3.63) is 65.7 Å². The zero-order chi connectivity index (χ0) is 14.8. The number of hydrogen-bond donors (Lipinski definition) is 3. The quantitative estimate of drug-likeness (QED) is 0.761. The summed E-state index contributed by atoms with van der Waals surface area (Å²) in [7, 11) is 0. The van der Waals surface area contributed by atoms with Crippen LogP contribution in [0.15, 0.2) is 54.6 Å². The van der Waals surface area contributed by atoms with Gasteiger partial charge < -0.3 is 16.4 Å². The van der Waals surface area contributed by atoms with Crippen LogP contribution in [0.5, 0.6) is 0 Å². The Kier molecular flexibility index (Phi) is 3.58. The smallest absolute Gasteiger partial charge is 0.234 e. The van der Waals surface area contributed by atoms with Crippen molar-refractivity contribution in [1.82, 2.24) is 5.32 Å². The monoisotopic (exact) mass is 297 g/mol. The summed E-state index contributed by atoms with van der Waals surface area (Å²) in [6.07, 6.45) is 0. The van der Waals surface area contributed by atoms with E-state index in [4.69, 9.17) is 18.0 Å². The highest BCUT2D eigenvalue weighted by Gasteiger charge is 2.37. The lowest BCUT2D eigenvalue weighted by Gasteiger charge is -2.24. The second-order valence-corrected chi connectivity index (χ2v) is 5.39. The van der Waals surface area contributed by atoms with E-state index in [1.807, 2.05) is 54.6 Å². The second-order valence-electron chi connectivity index (χ2n) is 4.95. The summed E-state index contributed by atoms with van der Waals surface area (Å²) in [6.45, 7) is 0. The molecule has 0 saturated heterocycles. The number of thiocarbonyl (C=S) groups is 1. The van der Waals surface area contributed by atoms with E-state index in [1.54, 1.807) is 0 Å². The Morgan fingerprint density at radius 1 is 1.14 bits per heavy atom. The topological polar surface area (TPSA) is 67.1 Å². The van der Waals surface area contributed by atoms with E-state index in [-0.39, 0.29) is 23.0 Å². The van der Waals surface area contributed by atoms with Gasteiger partial charge in [0.05, 0.1) is 12.0 Å². The highest BCUT2D eigenvalue weighted by molar-refractivity contribution is 7.80. The van der Waals surface area contributed by atoms with Gasteiger partial charge in [-0.1, -0.05) is 48.5 Å². The van der Waals surface area contributed by atoms with Crippen LogP contribution < -0.4 is 16.4 Å². The average molecular weight is 297 g/mol. The fourth-order valence-electron chi connectivity index (χ4n) is 2.74. The molecule has 21 heavy (non-hydrogen) atoms. The van der Waals surface area contributed by atoms with Gasteiger partial charge in [-0.05, 0) is 29.4 Å². The lowest BCUT2D eigenvalue weighted by atomic mass is 9.88. The standard InChI is InChI=1S/C16H15N3OS/c17-16(21)19-14(10-6-2-1-3-7-10)13-11-8-4-5-9-12(11)18-15(13)20/h1-9,13-14H,(H,18,20)(H3,17,19,21). The number of anilines is 1. The second kappa shape index (κ2) is 5.54. The molecule has 106 valence electrons. The zero-order valence-electron chi connectivity index (χ0n) is 11.2. The van der Waals surface area contributed by atoms with Gasteiger partial charge in [0.25, 0.3) is 0 Å². The van der Waals surface area contributed by atoms with Crippen LogP contribution in [-0.4, -0.2) is 11.0 Å². The summed E-state index contributed by atoms with van der Waals surface area (Å²) >= 11 is 4.98. The predicted molar refractivity (Wildman–Crippen MR) is 86.9 cm³/mol. The van der Waals surface area contributed by atoms with E-state index < -0.39 is 0 Å². The maximum absolute atomic E-state index is 12.4. The van der Waals surface area contributed by atoms with Gasteiger partial charge in [0.15, 0.2) is 5.11 Å². The number of fused-ring (bicyclic) bond motifs is 1. The highest BCUT2D eigenvalue weighted by atomic mass is 32.1. The molecule has 0 spiro atoms. The minimum Gasteiger partial charge on any atom is -0.376 e. The molecule has 1 heterocycles. The Morgan fingerprint density at radius 3 is 2.52 bits per heavy atom. The molecule has 2 aromatic rings. The van der Waals surface area contributed by atoms with Gasteiger partial charge in [-0.25, -0.2) is 0 Å². The number of carbonyl (C=O) groups excluding carboxylic acids is 1. The Hall–Kier alpha value is -2.40. The number of benzene rings is 2. The maximum atomic E-state index is 12.4. The van der Waals surface area contributed by atoms with Crippen LogP contribution in [0, 0.1) is 0 Å². The number of rotatable bonds is 3. The number of nitrogens with two attached hydrogens (primary N) is 1. The minimum atomic E-state index is -0.356. The van der Waals surface area contributed by atoms with Crippen LogP contribution in [0.1, 0.15) is 23.1 Å². The van der Waals surface area contributed by atoms with E-state index >= 15 is 0 Å². The summed E-state index contributed by atoms with van der Waals surface area (Å²) in [5.74, 6) is -0.404. The summed E-state index contributed by atoms with van der Waals surface area (Å²) < 4.78 is 0. The van der Waals surface area contributed by atoms with Crippen LogP contribution in [0.2, 0.25) is 0 Å². The van der Waals surface area contributed by atoms with E-state index in [0.717, 1.165) is 16.8 Å². The van der Waals surface area contributed by atoms with Crippen LogP contribution in [0.3, 0.4) is 0 Å². The molecule has 5 heteroatoms. The highest BCUT2D eigenvalue weighted by Crippen LogP contribution is 2.40. The van der Waals surface area contributed by atoms with Crippen molar-refractivity contribution in [1.29, 1.82) is 0 Å². The molecule has 1 aliphatic rings. The van der Waals surface area contributed by atoms with Crippen molar-refractivity contribution in [2.75, 3.05) is 5.32 Å². The molecule has 0 radical (unpaired) electrons. The van der Waals surface area contributed by atoms with Gasteiger partial charge in [0.2, 0.25) is 5.91 Å². The van der Waals surface area contributed by atoms with Crippen molar-refractivity contribution in [2.24, 2.45) is 5.73 Å². The molecule has 0 bridgehead atoms. The van der Waals surface area contributed by atoms with Crippen LogP contribution >= 0.6 is 12.2 Å². The van der Waals surface area contributed by atoms with Gasteiger partial charge in [0.1, 0.15) is 0 Å². The number of amides is 1. The van der Waals surface area contributed by atoms with Crippen molar-refractivity contribution in [2.45, 2.75) is 12.0 Å². The molecule has 0 saturated carbocycles. The molecule has 1 amide bonds. The molecular formula is C16H15N3OS. The van der Waals surface area contributed by atoms with Gasteiger partial charge in [-0.2, -0.15) is 0 Å². The number of carbonyl (C=O) groups is 1. The Bertz CT molecular complexity index is 687. The Morgan fingerprint density at radius 2 is 1.81 bits per heavy atom. The van der Waals surface area contributed by atoms with Crippen molar-refractivity contribution in [3.63, 3.8) is 0 Å². The van der Waals surface area contributed by atoms with Gasteiger partial charge in [-0.3, -0.25) is 4.79 Å². The lowest BCUT2D eigenvalue weighted by molar-refractivity contribution is -0.117. The molecule has 0 fully saturated rings. The van der Waals surface area contributed by atoms with Crippen molar-refractivity contribution in [3.8, 4) is 0 Å².